The summed E-state index contributed by atoms with van der Waals surface area (Å²) in [4.78, 5) is 9.30. The van der Waals surface area contributed by atoms with Crippen molar-refractivity contribution in [2.24, 2.45) is 5.92 Å². The SMILES string of the molecule is Br.Br.Clc1ccc2ncc(-c3cccc(CC4CNCCNC4)n3)n2c1. The van der Waals surface area contributed by atoms with Gasteiger partial charge in [-0.25, -0.2) is 4.98 Å². The fraction of sp³-hybridized carbons (Fsp3) is 0.333. The molecule has 26 heavy (non-hydrogen) atoms. The van der Waals surface area contributed by atoms with Gasteiger partial charge in [-0.1, -0.05) is 17.7 Å². The van der Waals surface area contributed by atoms with E-state index in [1.54, 1.807) is 0 Å². The minimum atomic E-state index is 0. The van der Waals surface area contributed by atoms with Crippen LogP contribution in [-0.2, 0) is 6.42 Å². The van der Waals surface area contributed by atoms with Crippen molar-refractivity contribution in [2.45, 2.75) is 6.42 Å². The van der Waals surface area contributed by atoms with Crippen molar-refractivity contribution in [3.05, 3.63) is 53.4 Å². The molecule has 1 saturated heterocycles. The molecule has 0 aliphatic carbocycles. The number of hydrogen-bond donors (Lipinski definition) is 2. The van der Waals surface area contributed by atoms with Gasteiger partial charge in [0.05, 0.1) is 22.6 Å². The van der Waals surface area contributed by atoms with Crippen molar-refractivity contribution in [3.8, 4) is 11.4 Å². The number of pyridine rings is 2. The third-order valence-corrected chi connectivity index (χ3v) is 4.60. The lowest BCUT2D eigenvalue weighted by atomic mass is 10.0. The van der Waals surface area contributed by atoms with Crippen LogP contribution in [0.1, 0.15) is 5.69 Å². The van der Waals surface area contributed by atoms with E-state index in [2.05, 4.69) is 27.8 Å². The molecule has 1 aliphatic rings. The Kier molecular flexibility index (Phi) is 8.04. The van der Waals surface area contributed by atoms with E-state index in [0.717, 1.165) is 55.3 Å². The maximum absolute atomic E-state index is 6.13. The van der Waals surface area contributed by atoms with E-state index in [-0.39, 0.29) is 34.0 Å². The number of imidazole rings is 1. The number of nitrogens with one attached hydrogen (secondary N) is 2. The van der Waals surface area contributed by atoms with Gasteiger partial charge in [0.15, 0.2) is 0 Å². The highest BCUT2D eigenvalue weighted by atomic mass is 79.9. The number of halogens is 3. The van der Waals surface area contributed by atoms with Crippen molar-refractivity contribution >= 4 is 51.2 Å². The summed E-state index contributed by atoms with van der Waals surface area (Å²) in [5, 5.41) is 7.63. The van der Waals surface area contributed by atoms with Crippen molar-refractivity contribution in [3.63, 3.8) is 0 Å². The summed E-state index contributed by atoms with van der Waals surface area (Å²) in [7, 11) is 0. The molecule has 0 atom stereocenters. The van der Waals surface area contributed by atoms with Gasteiger partial charge < -0.3 is 10.6 Å². The quantitative estimate of drug-likeness (QED) is 0.574. The van der Waals surface area contributed by atoms with Crippen LogP contribution < -0.4 is 10.6 Å². The standard InChI is InChI=1S/C18H20ClN5.2BrH/c19-14-4-5-18-22-11-17(24(18)12-14)16-3-1-2-15(23-16)8-13-9-20-6-7-21-10-13;;/h1-5,11-13,20-21H,6-10H2;2*1H. The molecule has 0 spiro atoms. The first-order chi connectivity index (χ1) is 11.8. The third-order valence-electron chi connectivity index (χ3n) is 4.38. The van der Waals surface area contributed by atoms with Gasteiger partial charge in [0.2, 0.25) is 0 Å². The minimum Gasteiger partial charge on any atom is -0.315 e. The first-order valence-electron chi connectivity index (χ1n) is 8.30. The Labute approximate surface area is 179 Å². The monoisotopic (exact) mass is 501 g/mol. The zero-order valence-electron chi connectivity index (χ0n) is 14.2. The highest BCUT2D eigenvalue weighted by molar-refractivity contribution is 8.93. The molecule has 4 rings (SSSR count). The van der Waals surface area contributed by atoms with Crippen LogP contribution in [-0.4, -0.2) is 40.5 Å². The Balaban J connectivity index is 0.00000121. The van der Waals surface area contributed by atoms with Gasteiger partial charge >= 0.3 is 0 Å². The Morgan fingerprint density at radius 3 is 2.62 bits per heavy atom. The molecule has 2 N–H and O–H groups in total. The number of aromatic nitrogens is 3. The Bertz CT molecular complexity index is 846. The second-order valence-corrected chi connectivity index (χ2v) is 6.65. The van der Waals surface area contributed by atoms with Crippen molar-refractivity contribution < 1.29 is 0 Å². The second kappa shape index (κ2) is 9.80. The van der Waals surface area contributed by atoms with E-state index in [0.29, 0.717) is 10.9 Å². The highest BCUT2D eigenvalue weighted by Gasteiger charge is 2.14. The Morgan fingerprint density at radius 1 is 1.08 bits per heavy atom. The minimum absolute atomic E-state index is 0. The van der Waals surface area contributed by atoms with Crippen molar-refractivity contribution in [2.75, 3.05) is 26.2 Å². The summed E-state index contributed by atoms with van der Waals surface area (Å²) < 4.78 is 1.99. The van der Waals surface area contributed by atoms with Crippen LogP contribution in [0.4, 0.5) is 0 Å². The van der Waals surface area contributed by atoms with E-state index in [4.69, 9.17) is 16.6 Å². The average Bonchev–Trinajstić information content (AvgIpc) is 2.83. The fourth-order valence-corrected chi connectivity index (χ4v) is 3.34. The lowest BCUT2D eigenvalue weighted by molar-refractivity contribution is 0.492. The predicted octanol–water partition coefficient (Wildman–Crippen LogP) is 3.56. The first kappa shape index (κ1) is 21.3. The van der Waals surface area contributed by atoms with Crippen LogP contribution in [0.5, 0.6) is 0 Å². The smallest absolute Gasteiger partial charge is 0.137 e. The molecule has 0 saturated carbocycles. The summed E-state index contributed by atoms with van der Waals surface area (Å²) in [5.41, 5.74) is 3.88. The largest absolute Gasteiger partial charge is 0.315 e. The van der Waals surface area contributed by atoms with Crippen LogP contribution in [0, 0.1) is 5.92 Å². The summed E-state index contributed by atoms with van der Waals surface area (Å²) in [6.45, 7) is 4.13. The van der Waals surface area contributed by atoms with Gasteiger partial charge in [-0.05, 0) is 49.7 Å². The van der Waals surface area contributed by atoms with Gasteiger partial charge in [0.1, 0.15) is 5.65 Å². The zero-order valence-corrected chi connectivity index (χ0v) is 18.4. The van der Waals surface area contributed by atoms with E-state index in [9.17, 15) is 0 Å². The summed E-state index contributed by atoms with van der Waals surface area (Å²) in [5.74, 6) is 0.562. The van der Waals surface area contributed by atoms with Crippen LogP contribution in [0.15, 0.2) is 42.7 Å². The van der Waals surface area contributed by atoms with Gasteiger partial charge in [-0.15, -0.1) is 34.0 Å². The number of nitrogens with zero attached hydrogens (tertiary/aromatic N) is 3. The molecule has 140 valence electrons. The number of hydrogen-bond acceptors (Lipinski definition) is 4. The van der Waals surface area contributed by atoms with E-state index >= 15 is 0 Å². The van der Waals surface area contributed by atoms with E-state index in [1.807, 2.05) is 35.0 Å². The molecule has 3 aromatic rings. The molecule has 4 heterocycles. The van der Waals surface area contributed by atoms with Crippen LogP contribution in [0.2, 0.25) is 5.02 Å². The van der Waals surface area contributed by atoms with Crippen LogP contribution in [0.3, 0.4) is 0 Å². The molecule has 0 unspecified atom stereocenters. The van der Waals surface area contributed by atoms with E-state index < -0.39 is 0 Å². The molecule has 0 aromatic carbocycles. The molecular weight excluding hydrogens is 481 g/mol. The maximum atomic E-state index is 6.13. The van der Waals surface area contributed by atoms with Gasteiger partial charge in [0.25, 0.3) is 0 Å². The predicted molar refractivity (Wildman–Crippen MR) is 117 cm³/mol. The molecule has 5 nitrogen and oxygen atoms in total. The number of fused-ring (bicyclic) bond motifs is 1. The van der Waals surface area contributed by atoms with Crippen molar-refractivity contribution in [1.82, 2.24) is 25.0 Å². The van der Waals surface area contributed by atoms with Gasteiger partial charge in [-0.3, -0.25) is 9.38 Å². The average molecular weight is 504 g/mol. The Hall–Kier alpha value is -0.990. The molecule has 0 bridgehead atoms. The molecule has 0 radical (unpaired) electrons. The number of rotatable bonds is 3. The van der Waals surface area contributed by atoms with Gasteiger partial charge in [-0.2, -0.15) is 0 Å². The lowest BCUT2D eigenvalue weighted by Crippen LogP contribution is -2.25. The topological polar surface area (TPSA) is 54.2 Å². The second-order valence-electron chi connectivity index (χ2n) is 6.21. The van der Waals surface area contributed by atoms with Gasteiger partial charge in [0, 0.05) is 25.0 Å². The zero-order chi connectivity index (χ0) is 16.4. The normalized spacial score (nSPS) is 15.1. The fourth-order valence-electron chi connectivity index (χ4n) is 3.18. The Morgan fingerprint density at radius 2 is 1.85 bits per heavy atom. The molecule has 1 aliphatic heterocycles. The third kappa shape index (κ3) is 4.84. The van der Waals surface area contributed by atoms with Crippen LogP contribution >= 0.6 is 45.6 Å². The first-order valence-corrected chi connectivity index (χ1v) is 8.68. The maximum Gasteiger partial charge on any atom is 0.137 e. The summed E-state index contributed by atoms with van der Waals surface area (Å²) >= 11 is 6.13. The summed E-state index contributed by atoms with van der Waals surface area (Å²) in [6, 6.07) is 9.96. The lowest BCUT2D eigenvalue weighted by Gasteiger charge is -2.14. The van der Waals surface area contributed by atoms with E-state index in [1.165, 1.54) is 0 Å². The summed E-state index contributed by atoms with van der Waals surface area (Å²) in [6.07, 6.45) is 4.70. The molecule has 0 amide bonds. The van der Waals surface area contributed by atoms with Crippen LogP contribution in [0.25, 0.3) is 17.0 Å². The van der Waals surface area contributed by atoms with Crippen molar-refractivity contribution in [1.29, 1.82) is 0 Å². The molecule has 8 heteroatoms. The molecule has 1 fully saturated rings. The molecule has 3 aromatic heterocycles. The highest BCUT2D eigenvalue weighted by Crippen LogP contribution is 2.22. The molecular formula is C18H22Br2ClN5.